The van der Waals surface area contributed by atoms with Crippen LogP contribution in [0.25, 0.3) is 11.1 Å². The second-order valence-corrected chi connectivity index (χ2v) is 12.1. The summed E-state index contributed by atoms with van der Waals surface area (Å²) in [4.78, 5) is 27.7. The molecule has 5 aromatic carbocycles. The normalized spacial score (nSPS) is 13.0. The summed E-state index contributed by atoms with van der Waals surface area (Å²) in [5.74, 6) is -1.05. The van der Waals surface area contributed by atoms with Gasteiger partial charge in [0.15, 0.2) is 0 Å². The summed E-state index contributed by atoms with van der Waals surface area (Å²) in [5, 5.41) is 14.4. The van der Waals surface area contributed by atoms with E-state index in [-0.39, 0.29) is 6.42 Å². The van der Waals surface area contributed by atoms with E-state index in [1.165, 1.54) is 17.6 Å². The lowest BCUT2D eigenvalue weighted by molar-refractivity contribution is -0.143. The van der Waals surface area contributed by atoms with Gasteiger partial charge in [0.1, 0.15) is 6.04 Å². The van der Waals surface area contributed by atoms with Crippen LogP contribution in [0, 0.1) is 6.92 Å². The molecule has 47 heavy (non-hydrogen) atoms. The van der Waals surface area contributed by atoms with Crippen molar-refractivity contribution in [1.29, 1.82) is 0 Å². The number of amides is 1. The highest BCUT2D eigenvalue weighted by molar-refractivity contribution is 5.85. The molecule has 0 unspecified atom stereocenters. The van der Waals surface area contributed by atoms with E-state index in [0.717, 1.165) is 38.9 Å². The van der Waals surface area contributed by atoms with Crippen LogP contribution in [0.1, 0.15) is 58.7 Å². The molecule has 1 aliphatic carbocycles. The number of carboxylic acid groups (broad SMARTS) is 1. The van der Waals surface area contributed by atoms with E-state index in [4.69, 9.17) is 4.74 Å². The average molecular weight is 625 g/mol. The van der Waals surface area contributed by atoms with Gasteiger partial charge in [-0.2, -0.15) is 0 Å². The van der Waals surface area contributed by atoms with Gasteiger partial charge in [0, 0.05) is 0 Å². The molecule has 0 spiro atoms. The van der Waals surface area contributed by atoms with Crippen molar-refractivity contribution >= 4 is 12.1 Å². The minimum atomic E-state index is -1.07. The number of hydrogen-bond donors (Lipinski definition) is 2. The molecule has 6 heteroatoms. The van der Waals surface area contributed by atoms with E-state index >= 15 is 0 Å². The Morgan fingerprint density at radius 1 is 0.723 bits per heavy atom. The molecule has 0 bridgehead atoms. The molecule has 1 atom stereocenters. The van der Waals surface area contributed by atoms with Crippen molar-refractivity contribution in [2.75, 3.05) is 13.7 Å². The Bertz CT molecular complexity index is 1740. The maximum Gasteiger partial charge on any atom is 0.411 e. The molecule has 0 heterocycles. The van der Waals surface area contributed by atoms with Crippen LogP contribution in [0.5, 0.6) is 0 Å². The molecule has 238 valence electrons. The number of nitrogens with one attached hydrogen (secondary N) is 1. The van der Waals surface area contributed by atoms with Gasteiger partial charge in [0.2, 0.25) is 0 Å². The van der Waals surface area contributed by atoms with Crippen LogP contribution < -0.4 is 5.32 Å². The summed E-state index contributed by atoms with van der Waals surface area (Å²) >= 11 is 0. The first-order valence-corrected chi connectivity index (χ1v) is 16.2. The molecule has 0 radical (unpaired) electrons. The predicted molar refractivity (Wildman–Crippen MR) is 185 cm³/mol. The lowest BCUT2D eigenvalue weighted by Crippen LogP contribution is -2.47. The van der Waals surface area contributed by atoms with Gasteiger partial charge in [0.05, 0.1) is 18.7 Å². The highest BCUT2D eigenvalue weighted by atomic mass is 16.5. The Morgan fingerprint density at radius 3 is 1.72 bits per heavy atom. The van der Waals surface area contributed by atoms with Gasteiger partial charge < -0.3 is 9.84 Å². The van der Waals surface area contributed by atoms with E-state index in [0.29, 0.717) is 19.4 Å². The Balaban J connectivity index is 1.26. The number of aliphatic carboxylic acids is 1. The third-order valence-corrected chi connectivity index (χ3v) is 9.28. The van der Waals surface area contributed by atoms with Crippen LogP contribution >= 0.6 is 0 Å². The monoisotopic (exact) mass is 624 g/mol. The van der Waals surface area contributed by atoms with Gasteiger partial charge >= 0.3 is 12.1 Å². The number of hydrogen-bond acceptors (Lipinski definition) is 4. The molecule has 0 saturated carbocycles. The number of fused-ring (bicyclic) bond motifs is 3. The minimum absolute atomic E-state index is 0.279. The molecule has 1 amide bonds. The molecule has 0 aromatic heterocycles. The number of ether oxygens (including phenoxy) is 1. The number of rotatable bonds is 12. The fourth-order valence-electron chi connectivity index (χ4n) is 7.05. The molecule has 2 N–H and O–H groups in total. The molecule has 0 saturated heterocycles. The highest BCUT2D eigenvalue weighted by Crippen LogP contribution is 2.47. The second kappa shape index (κ2) is 14.1. The molecule has 6 rings (SSSR count). The lowest BCUT2D eigenvalue weighted by atomic mass is 9.76. The third-order valence-electron chi connectivity index (χ3n) is 9.28. The second-order valence-electron chi connectivity index (χ2n) is 12.1. The van der Waals surface area contributed by atoms with Crippen molar-refractivity contribution in [3.8, 4) is 11.1 Å². The van der Waals surface area contributed by atoms with Crippen molar-refractivity contribution in [1.82, 2.24) is 10.2 Å². The fourth-order valence-corrected chi connectivity index (χ4v) is 7.05. The smallest absolute Gasteiger partial charge is 0.411 e. The maximum absolute atomic E-state index is 13.4. The van der Waals surface area contributed by atoms with Crippen LogP contribution in [-0.2, 0) is 15.1 Å². The zero-order valence-electron chi connectivity index (χ0n) is 26.8. The number of carbonyl (C=O) groups is 2. The summed E-state index contributed by atoms with van der Waals surface area (Å²) in [6.07, 6.45) is 0.908. The number of methoxy groups -OCH3 is 1. The fraction of sp³-hybridized carbons (Fsp3) is 0.220. The van der Waals surface area contributed by atoms with Gasteiger partial charge in [-0.1, -0.05) is 139 Å². The first-order chi connectivity index (χ1) is 23.0. The number of aryl methyl sites for hydroxylation is 1. The van der Waals surface area contributed by atoms with Gasteiger partial charge in [-0.3, -0.25) is 10.2 Å². The largest absolute Gasteiger partial charge is 0.480 e. The van der Waals surface area contributed by atoms with Crippen molar-refractivity contribution in [3.05, 3.63) is 167 Å². The van der Waals surface area contributed by atoms with Gasteiger partial charge in [-0.05, 0) is 71.7 Å². The van der Waals surface area contributed by atoms with Crippen LogP contribution in [0.15, 0.2) is 133 Å². The van der Waals surface area contributed by atoms with Crippen LogP contribution in [0.2, 0.25) is 0 Å². The Hall–Kier alpha value is -5.20. The van der Waals surface area contributed by atoms with E-state index in [1.807, 2.05) is 60.7 Å². The Kier molecular flexibility index (Phi) is 9.50. The van der Waals surface area contributed by atoms with Crippen LogP contribution in [0.3, 0.4) is 0 Å². The SMILES string of the molecule is COC(=O)N(C1c2ccccc2-c2ccccc21)[C@@H](CCCCNC(c1ccccc1)(c1ccccc1)c1ccc(C)cc1)C(=O)O. The summed E-state index contributed by atoms with van der Waals surface area (Å²) in [7, 11) is 1.31. The first kappa shape index (κ1) is 31.8. The third kappa shape index (κ3) is 6.17. The standard InChI is InChI=1S/C41H40N2O4/c1-29-24-26-32(27-25-29)41(30-15-5-3-6-16-30,31-17-7-4-8-18-31)42-28-14-13-23-37(39(44)45)43(40(46)47-2)38-35-21-11-9-19-33(35)34-20-10-12-22-36(34)38/h3-12,15-22,24-27,37-38,42H,13-14,23,28H2,1-2H3,(H,44,45)/t37-/m0/s1. The van der Waals surface area contributed by atoms with E-state index < -0.39 is 29.7 Å². The zero-order valence-corrected chi connectivity index (χ0v) is 26.8. The first-order valence-electron chi connectivity index (χ1n) is 16.2. The zero-order chi connectivity index (χ0) is 32.8. The summed E-state index contributed by atoms with van der Waals surface area (Å²) < 4.78 is 5.22. The predicted octanol–water partition coefficient (Wildman–Crippen LogP) is 8.34. The van der Waals surface area contributed by atoms with Gasteiger partial charge in [0.25, 0.3) is 0 Å². The van der Waals surface area contributed by atoms with Gasteiger partial charge in [-0.25, -0.2) is 9.59 Å². The van der Waals surface area contributed by atoms with Crippen LogP contribution in [0.4, 0.5) is 4.79 Å². The Labute approximate surface area is 276 Å². The quantitative estimate of drug-likeness (QED) is 0.108. The van der Waals surface area contributed by atoms with Crippen LogP contribution in [-0.4, -0.2) is 41.8 Å². The number of unbranched alkanes of at least 4 members (excludes halogenated alkanes) is 1. The molecular weight excluding hydrogens is 584 g/mol. The molecular formula is C41H40N2O4. The molecule has 0 aliphatic heterocycles. The topological polar surface area (TPSA) is 78.9 Å². The average Bonchev–Trinajstić information content (AvgIpc) is 3.44. The summed E-state index contributed by atoms with van der Waals surface area (Å²) in [5.41, 5.74) is 7.75. The number of nitrogens with zero attached hydrogens (tertiary/aromatic N) is 1. The van der Waals surface area contributed by atoms with Gasteiger partial charge in [-0.15, -0.1) is 0 Å². The van der Waals surface area contributed by atoms with E-state index in [2.05, 4.69) is 85.0 Å². The maximum atomic E-state index is 13.4. The lowest BCUT2D eigenvalue weighted by Gasteiger charge is -2.37. The Morgan fingerprint density at radius 2 is 1.21 bits per heavy atom. The minimum Gasteiger partial charge on any atom is -0.480 e. The van der Waals surface area contributed by atoms with Crippen molar-refractivity contribution in [2.24, 2.45) is 0 Å². The van der Waals surface area contributed by atoms with E-state index in [1.54, 1.807) is 0 Å². The molecule has 1 aliphatic rings. The molecule has 0 fully saturated rings. The highest BCUT2D eigenvalue weighted by Gasteiger charge is 2.42. The summed E-state index contributed by atoms with van der Waals surface area (Å²) in [6, 6.07) is 43.6. The molecule has 5 aromatic rings. The summed E-state index contributed by atoms with van der Waals surface area (Å²) in [6.45, 7) is 2.71. The number of benzene rings is 5. The van der Waals surface area contributed by atoms with E-state index in [9.17, 15) is 14.7 Å². The van der Waals surface area contributed by atoms with Crippen molar-refractivity contribution in [2.45, 2.75) is 43.8 Å². The van der Waals surface area contributed by atoms with Crippen molar-refractivity contribution in [3.63, 3.8) is 0 Å². The van der Waals surface area contributed by atoms with Crippen molar-refractivity contribution < 1.29 is 19.4 Å². The molecule has 6 nitrogen and oxygen atoms in total. The number of carbonyl (C=O) groups excluding carboxylic acids is 1. The number of carboxylic acids is 1.